The molecule has 1 heterocycles. The molecule has 0 unspecified atom stereocenters. The second-order valence-electron chi connectivity index (χ2n) is 6.45. The normalized spacial score (nSPS) is 12.7. The lowest BCUT2D eigenvalue weighted by Gasteiger charge is -2.23. The van der Waals surface area contributed by atoms with Crippen LogP contribution in [-0.4, -0.2) is 42.4 Å². The van der Waals surface area contributed by atoms with Gasteiger partial charge in [0.25, 0.3) is 0 Å². The molecule has 0 saturated carbocycles. The van der Waals surface area contributed by atoms with Crippen molar-refractivity contribution in [1.82, 2.24) is 10.2 Å². The lowest BCUT2D eigenvalue weighted by molar-refractivity contribution is -0.130. The summed E-state index contributed by atoms with van der Waals surface area (Å²) in [6, 6.07) is 5.58. The Morgan fingerprint density at radius 1 is 1.25 bits per heavy atom. The molecule has 1 aromatic rings. The van der Waals surface area contributed by atoms with Gasteiger partial charge in [0.2, 0.25) is 12.7 Å². The number of ether oxygens (including phenoxy) is 3. The molecule has 24 heavy (non-hydrogen) atoms. The van der Waals surface area contributed by atoms with Crippen molar-refractivity contribution >= 4 is 12.0 Å². The maximum atomic E-state index is 12.3. The van der Waals surface area contributed by atoms with Crippen LogP contribution in [0.25, 0.3) is 0 Å². The van der Waals surface area contributed by atoms with E-state index in [0.717, 1.165) is 5.56 Å². The second kappa shape index (κ2) is 7.42. The lowest BCUT2D eigenvalue weighted by atomic mass is 10.2. The molecule has 1 aliphatic rings. The molecular formula is C17H24N2O5. The van der Waals surface area contributed by atoms with E-state index in [1.165, 1.54) is 0 Å². The Bertz CT molecular complexity index is 609. The minimum Gasteiger partial charge on any atom is -0.454 e. The van der Waals surface area contributed by atoms with Crippen LogP contribution in [0.2, 0.25) is 0 Å². The summed E-state index contributed by atoms with van der Waals surface area (Å²) < 4.78 is 15.7. The van der Waals surface area contributed by atoms with Crippen molar-refractivity contribution in [3.05, 3.63) is 23.8 Å². The van der Waals surface area contributed by atoms with Gasteiger partial charge in [0.15, 0.2) is 11.5 Å². The summed E-state index contributed by atoms with van der Waals surface area (Å²) in [5.41, 5.74) is 0.344. The van der Waals surface area contributed by atoms with Gasteiger partial charge in [-0.05, 0) is 45.4 Å². The first-order valence-electron chi connectivity index (χ1n) is 7.91. The van der Waals surface area contributed by atoms with Crippen LogP contribution >= 0.6 is 0 Å². The third kappa shape index (κ3) is 5.04. The second-order valence-corrected chi connectivity index (χ2v) is 6.45. The number of alkyl carbamates (subject to hydrolysis) is 1. The van der Waals surface area contributed by atoms with Crippen molar-refractivity contribution in [3.63, 3.8) is 0 Å². The van der Waals surface area contributed by atoms with Gasteiger partial charge in [0.1, 0.15) is 12.1 Å². The van der Waals surface area contributed by atoms with E-state index in [1.54, 1.807) is 25.7 Å². The SMILES string of the molecule is CCN(Cc1ccc2c(c1)OCO2)C(=O)CNC(=O)OC(C)(C)C. The van der Waals surface area contributed by atoms with Crippen LogP contribution < -0.4 is 14.8 Å². The summed E-state index contributed by atoms with van der Waals surface area (Å²) in [6.07, 6.45) is -0.602. The lowest BCUT2D eigenvalue weighted by Crippen LogP contribution is -2.41. The van der Waals surface area contributed by atoms with Crippen LogP contribution in [0.4, 0.5) is 4.79 Å². The summed E-state index contributed by atoms with van der Waals surface area (Å²) in [7, 11) is 0. The molecule has 0 atom stereocenters. The van der Waals surface area contributed by atoms with Crippen LogP contribution in [0.3, 0.4) is 0 Å². The number of carbonyl (C=O) groups excluding carboxylic acids is 2. The average Bonchev–Trinajstić information content (AvgIpc) is 2.96. The Kier molecular flexibility index (Phi) is 5.54. The molecule has 1 N–H and O–H groups in total. The Labute approximate surface area is 141 Å². The number of hydrogen-bond donors (Lipinski definition) is 1. The first-order chi connectivity index (χ1) is 11.3. The van der Waals surface area contributed by atoms with Crippen LogP contribution in [0.1, 0.15) is 33.3 Å². The van der Waals surface area contributed by atoms with Gasteiger partial charge in [-0.3, -0.25) is 4.79 Å². The summed E-state index contributed by atoms with van der Waals surface area (Å²) in [4.78, 5) is 25.6. The highest BCUT2D eigenvalue weighted by Crippen LogP contribution is 2.32. The van der Waals surface area contributed by atoms with E-state index < -0.39 is 11.7 Å². The van der Waals surface area contributed by atoms with Crippen molar-refractivity contribution in [2.24, 2.45) is 0 Å². The molecule has 0 spiro atoms. The number of benzene rings is 1. The van der Waals surface area contributed by atoms with E-state index in [1.807, 2.05) is 25.1 Å². The Hall–Kier alpha value is -2.44. The smallest absolute Gasteiger partial charge is 0.408 e. The molecule has 7 heteroatoms. The first kappa shape index (κ1) is 17.9. The first-order valence-corrected chi connectivity index (χ1v) is 7.91. The molecule has 0 fully saturated rings. The number of carbonyl (C=O) groups is 2. The van der Waals surface area contributed by atoms with E-state index >= 15 is 0 Å². The van der Waals surface area contributed by atoms with Crippen molar-refractivity contribution in [2.45, 2.75) is 39.8 Å². The molecule has 0 saturated heterocycles. The fourth-order valence-corrected chi connectivity index (χ4v) is 2.21. The molecule has 1 aliphatic heterocycles. The topological polar surface area (TPSA) is 77.1 Å². The molecule has 0 radical (unpaired) electrons. The van der Waals surface area contributed by atoms with Gasteiger partial charge >= 0.3 is 6.09 Å². The predicted molar refractivity (Wildman–Crippen MR) is 87.9 cm³/mol. The maximum absolute atomic E-state index is 12.3. The molecule has 0 bridgehead atoms. The third-order valence-electron chi connectivity index (χ3n) is 3.33. The minimum atomic E-state index is -0.602. The van der Waals surface area contributed by atoms with E-state index in [9.17, 15) is 9.59 Å². The van der Waals surface area contributed by atoms with E-state index in [4.69, 9.17) is 14.2 Å². The number of hydrogen-bond acceptors (Lipinski definition) is 5. The maximum Gasteiger partial charge on any atom is 0.408 e. The molecule has 132 valence electrons. The largest absolute Gasteiger partial charge is 0.454 e. The Balaban J connectivity index is 1.88. The molecule has 2 rings (SSSR count). The van der Waals surface area contributed by atoms with E-state index in [2.05, 4.69) is 5.32 Å². The van der Waals surface area contributed by atoms with Gasteiger partial charge in [0.05, 0.1) is 0 Å². The van der Waals surface area contributed by atoms with Crippen molar-refractivity contribution in [2.75, 3.05) is 19.9 Å². The quantitative estimate of drug-likeness (QED) is 0.893. The predicted octanol–water partition coefficient (Wildman–Crippen LogP) is 2.29. The van der Waals surface area contributed by atoms with Crippen LogP contribution in [0.5, 0.6) is 11.5 Å². The third-order valence-corrected chi connectivity index (χ3v) is 3.33. The zero-order valence-corrected chi connectivity index (χ0v) is 14.5. The number of nitrogens with one attached hydrogen (secondary N) is 1. The van der Waals surface area contributed by atoms with Gasteiger partial charge in [-0.2, -0.15) is 0 Å². The molecular weight excluding hydrogens is 312 g/mol. The van der Waals surface area contributed by atoms with Crippen LogP contribution in [0.15, 0.2) is 18.2 Å². The fraction of sp³-hybridized carbons (Fsp3) is 0.529. The number of amides is 2. The summed E-state index contributed by atoms with van der Waals surface area (Å²) in [6.45, 7) is 8.27. The van der Waals surface area contributed by atoms with Gasteiger partial charge in [-0.15, -0.1) is 0 Å². The zero-order chi connectivity index (χ0) is 17.7. The van der Waals surface area contributed by atoms with Gasteiger partial charge < -0.3 is 24.4 Å². The van der Waals surface area contributed by atoms with E-state index in [0.29, 0.717) is 24.6 Å². The zero-order valence-electron chi connectivity index (χ0n) is 14.5. The van der Waals surface area contributed by atoms with Gasteiger partial charge in [-0.1, -0.05) is 6.07 Å². The molecule has 1 aromatic carbocycles. The number of nitrogens with zero attached hydrogens (tertiary/aromatic N) is 1. The fourth-order valence-electron chi connectivity index (χ4n) is 2.21. The van der Waals surface area contributed by atoms with Gasteiger partial charge in [-0.25, -0.2) is 4.79 Å². The number of fused-ring (bicyclic) bond motifs is 1. The highest BCUT2D eigenvalue weighted by atomic mass is 16.7. The van der Waals surface area contributed by atoms with Crippen molar-refractivity contribution in [3.8, 4) is 11.5 Å². The average molecular weight is 336 g/mol. The molecule has 7 nitrogen and oxygen atoms in total. The van der Waals surface area contributed by atoms with Gasteiger partial charge in [0, 0.05) is 13.1 Å². The molecule has 0 aromatic heterocycles. The summed E-state index contributed by atoms with van der Waals surface area (Å²) in [5, 5.41) is 2.48. The minimum absolute atomic E-state index is 0.104. The highest BCUT2D eigenvalue weighted by molar-refractivity contribution is 5.82. The van der Waals surface area contributed by atoms with E-state index in [-0.39, 0.29) is 19.2 Å². The highest BCUT2D eigenvalue weighted by Gasteiger charge is 2.19. The Morgan fingerprint density at radius 3 is 2.62 bits per heavy atom. The summed E-state index contributed by atoms with van der Waals surface area (Å²) >= 11 is 0. The summed E-state index contributed by atoms with van der Waals surface area (Å²) in [5.74, 6) is 1.21. The van der Waals surface area contributed by atoms with Crippen molar-refractivity contribution < 1.29 is 23.8 Å². The standard InChI is InChI=1S/C17H24N2O5/c1-5-19(15(20)9-18-16(21)24-17(2,3)4)10-12-6-7-13-14(8-12)23-11-22-13/h6-8H,5,9-11H2,1-4H3,(H,18,21). The Morgan fingerprint density at radius 2 is 1.96 bits per heavy atom. The molecule has 0 aliphatic carbocycles. The molecule has 2 amide bonds. The van der Waals surface area contributed by atoms with Crippen LogP contribution in [-0.2, 0) is 16.1 Å². The number of likely N-dealkylation sites (N-methyl/N-ethyl adjacent to an activating group) is 1. The number of rotatable bonds is 5. The van der Waals surface area contributed by atoms with Crippen molar-refractivity contribution in [1.29, 1.82) is 0 Å². The monoisotopic (exact) mass is 336 g/mol. The van der Waals surface area contributed by atoms with Crippen LogP contribution in [0, 0.1) is 0 Å².